The molecule has 210 valence electrons. The van der Waals surface area contributed by atoms with Crippen molar-refractivity contribution in [3.05, 3.63) is 82.2 Å². The highest BCUT2D eigenvalue weighted by Crippen LogP contribution is 2.37. The monoisotopic (exact) mass is 562 g/mol. The molecule has 0 saturated heterocycles. The van der Waals surface area contributed by atoms with Gasteiger partial charge in [0, 0.05) is 35.1 Å². The molecule has 0 aliphatic heterocycles. The first-order valence-electron chi connectivity index (χ1n) is 12.9. The van der Waals surface area contributed by atoms with Crippen LogP contribution in [0.3, 0.4) is 0 Å². The van der Waals surface area contributed by atoms with Crippen LogP contribution in [-0.2, 0) is 10.0 Å². The summed E-state index contributed by atoms with van der Waals surface area (Å²) in [7, 11) is -3.99. The van der Waals surface area contributed by atoms with Crippen LogP contribution in [0.15, 0.2) is 65.6 Å². The van der Waals surface area contributed by atoms with E-state index >= 15 is 0 Å². The van der Waals surface area contributed by atoms with Crippen molar-refractivity contribution in [3.8, 4) is 11.1 Å². The number of benzene rings is 3. The van der Waals surface area contributed by atoms with Gasteiger partial charge in [-0.25, -0.2) is 13.6 Å². The van der Waals surface area contributed by atoms with Gasteiger partial charge in [-0.15, -0.1) is 0 Å². The van der Waals surface area contributed by atoms with Gasteiger partial charge in [0.15, 0.2) is 0 Å². The lowest BCUT2D eigenvalue weighted by Gasteiger charge is -2.16. The third-order valence-corrected chi connectivity index (χ3v) is 7.70. The Morgan fingerprint density at radius 3 is 2.33 bits per heavy atom. The summed E-state index contributed by atoms with van der Waals surface area (Å²) >= 11 is 0. The Morgan fingerprint density at radius 2 is 1.75 bits per heavy atom. The SMILES string of the molecule is CC1C/C1=c1\cc(-c2ccc(C(N)=O)cc2)c(NC(=O)c2cccc(S(N)(=O)=O)c2)c\c1=C\NCCC(C)(C)O. The summed E-state index contributed by atoms with van der Waals surface area (Å²) in [4.78, 5) is 24.8. The minimum absolute atomic E-state index is 0.129. The van der Waals surface area contributed by atoms with E-state index in [4.69, 9.17) is 10.9 Å². The number of anilines is 1. The highest BCUT2D eigenvalue weighted by molar-refractivity contribution is 7.89. The van der Waals surface area contributed by atoms with E-state index in [0.717, 1.165) is 28.0 Å². The Morgan fingerprint density at radius 1 is 1.07 bits per heavy atom. The van der Waals surface area contributed by atoms with E-state index in [1.165, 1.54) is 29.8 Å². The van der Waals surface area contributed by atoms with Gasteiger partial charge in [-0.3, -0.25) is 9.59 Å². The summed E-state index contributed by atoms with van der Waals surface area (Å²) in [6.45, 7) is 6.19. The number of aliphatic hydroxyl groups is 1. The molecule has 4 rings (SSSR count). The van der Waals surface area contributed by atoms with Gasteiger partial charge in [0.25, 0.3) is 5.91 Å². The van der Waals surface area contributed by atoms with Gasteiger partial charge >= 0.3 is 0 Å². The molecule has 3 aromatic carbocycles. The number of nitrogens with one attached hydrogen (secondary N) is 2. The van der Waals surface area contributed by atoms with E-state index in [0.29, 0.717) is 30.1 Å². The van der Waals surface area contributed by atoms with Crippen molar-refractivity contribution in [2.24, 2.45) is 16.8 Å². The zero-order valence-corrected chi connectivity index (χ0v) is 23.5. The smallest absolute Gasteiger partial charge is 0.255 e. The molecule has 1 atom stereocenters. The van der Waals surface area contributed by atoms with Crippen LogP contribution < -0.4 is 31.9 Å². The van der Waals surface area contributed by atoms with Crippen molar-refractivity contribution in [3.63, 3.8) is 0 Å². The van der Waals surface area contributed by atoms with Crippen LogP contribution in [0, 0.1) is 5.92 Å². The first-order valence-corrected chi connectivity index (χ1v) is 14.4. The minimum atomic E-state index is -3.99. The van der Waals surface area contributed by atoms with E-state index in [1.54, 1.807) is 38.1 Å². The van der Waals surface area contributed by atoms with Crippen LogP contribution in [0.4, 0.5) is 5.69 Å². The molecule has 3 aromatic rings. The number of primary amides is 1. The maximum atomic E-state index is 13.3. The number of hydrogen-bond donors (Lipinski definition) is 5. The van der Waals surface area contributed by atoms with E-state index in [2.05, 4.69) is 17.6 Å². The van der Waals surface area contributed by atoms with E-state index < -0.39 is 27.4 Å². The lowest BCUT2D eigenvalue weighted by atomic mass is 9.99. The fourth-order valence-electron chi connectivity index (χ4n) is 4.39. The Balaban J connectivity index is 1.82. The number of primary sulfonamides is 1. The lowest BCUT2D eigenvalue weighted by molar-refractivity contribution is 0.0724. The highest BCUT2D eigenvalue weighted by Gasteiger charge is 2.26. The van der Waals surface area contributed by atoms with Gasteiger partial charge in [-0.1, -0.05) is 30.7 Å². The van der Waals surface area contributed by atoms with Crippen molar-refractivity contribution < 1.29 is 23.1 Å². The fraction of sp³-hybridized carbons (Fsp3) is 0.267. The summed E-state index contributed by atoms with van der Waals surface area (Å²) in [5, 5.41) is 23.4. The van der Waals surface area contributed by atoms with Gasteiger partial charge < -0.3 is 21.5 Å². The number of hydrogen-bond acceptors (Lipinski definition) is 6. The Bertz CT molecular complexity index is 1690. The number of amides is 2. The second-order valence-electron chi connectivity index (χ2n) is 10.7. The molecule has 40 heavy (non-hydrogen) atoms. The molecule has 9 nitrogen and oxygen atoms in total. The molecule has 1 fully saturated rings. The van der Waals surface area contributed by atoms with Crippen molar-refractivity contribution >= 4 is 39.3 Å². The average Bonchev–Trinajstić information content (AvgIpc) is 3.61. The fourth-order valence-corrected chi connectivity index (χ4v) is 4.95. The van der Waals surface area contributed by atoms with Crippen LogP contribution >= 0.6 is 0 Å². The third-order valence-electron chi connectivity index (χ3n) is 6.79. The summed E-state index contributed by atoms with van der Waals surface area (Å²) in [6, 6.07) is 16.2. The van der Waals surface area contributed by atoms with Crippen molar-refractivity contribution in [2.45, 2.75) is 44.1 Å². The molecule has 0 bridgehead atoms. The second-order valence-corrected chi connectivity index (χ2v) is 12.3. The van der Waals surface area contributed by atoms with Crippen LogP contribution in [0.5, 0.6) is 0 Å². The molecule has 2 amide bonds. The highest BCUT2D eigenvalue weighted by atomic mass is 32.2. The van der Waals surface area contributed by atoms with Crippen molar-refractivity contribution in [2.75, 3.05) is 11.9 Å². The maximum absolute atomic E-state index is 13.3. The predicted octanol–water partition coefficient (Wildman–Crippen LogP) is 2.03. The maximum Gasteiger partial charge on any atom is 0.255 e. The molecule has 1 aliphatic rings. The molecule has 1 saturated carbocycles. The van der Waals surface area contributed by atoms with E-state index in [-0.39, 0.29) is 10.5 Å². The van der Waals surface area contributed by atoms with Gasteiger partial charge in [0.2, 0.25) is 15.9 Å². The largest absolute Gasteiger partial charge is 0.390 e. The summed E-state index contributed by atoms with van der Waals surface area (Å²) in [6.07, 6.45) is 3.37. The zero-order valence-electron chi connectivity index (χ0n) is 22.7. The number of nitrogens with two attached hydrogens (primary N) is 2. The molecule has 1 aliphatic carbocycles. The number of sulfonamides is 1. The third kappa shape index (κ3) is 7.15. The van der Waals surface area contributed by atoms with Crippen LogP contribution in [0.2, 0.25) is 0 Å². The second kappa shape index (κ2) is 11.2. The molecule has 10 heteroatoms. The summed E-state index contributed by atoms with van der Waals surface area (Å²) in [5.74, 6) is -0.628. The number of rotatable bonds is 9. The van der Waals surface area contributed by atoms with Gasteiger partial charge in [0.1, 0.15) is 0 Å². The van der Waals surface area contributed by atoms with Crippen molar-refractivity contribution in [1.82, 2.24) is 5.32 Å². The predicted molar refractivity (Wildman–Crippen MR) is 156 cm³/mol. The van der Waals surface area contributed by atoms with Gasteiger partial charge in [-0.05, 0) is 91.1 Å². The standard InChI is InChI=1S/C30H34N4O5S/c1-18-13-24(18)25-16-26(19-7-9-20(10-8-19)28(31)35)27(15-22(25)17-33-12-11-30(2,3)37)34-29(36)21-5-4-6-23(14-21)40(32,38)39/h4-10,14-18,33,37H,11-13H2,1-3H3,(H2,31,35)(H,34,36)(H2,32,38,39)/b22-17-,25-24-. The minimum Gasteiger partial charge on any atom is -0.390 e. The van der Waals surface area contributed by atoms with Crippen LogP contribution in [0.1, 0.15) is 54.3 Å². The van der Waals surface area contributed by atoms with Crippen molar-refractivity contribution in [1.29, 1.82) is 0 Å². The molecular formula is C30H34N4O5S. The summed E-state index contributed by atoms with van der Waals surface area (Å²) in [5.41, 5.74) is 8.36. The normalized spacial score (nSPS) is 16.9. The lowest BCUT2D eigenvalue weighted by Crippen LogP contribution is -2.31. The molecule has 0 heterocycles. The van der Waals surface area contributed by atoms with Crippen LogP contribution in [0.25, 0.3) is 22.9 Å². The zero-order chi connectivity index (χ0) is 29.2. The molecule has 0 aromatic heterocycles. The average molecular weight is 563 g/mol. The van der Waals surface area contributed by atoms with Gasteiger partial charge in [0.05, 0.1) is 10.5 Å². The Hall–Kier alpha value is -3.99. The van der Waals surface area contributed by atoms with Crippen LogP contribution in [-0.4, -0.2) is 37.5 Å². The Labute approximate surface area is 233 Å². The first-order chi connectivity index (χ1) is 18.7. The molecule has 7 N–H and O–H groups in total. The van der Waals surface area contributed by atoms with E-state index in [1.807, 2.05) is 18.3 Å². The summed E-state index contributed by atoms with van der Waals surface area (Å²) < 4.78 is 23.7. The quantitative estimate of drug-likeness (QED) is 0.250. The van der Waals surface area contributed by atoms with Gasteiger partial charge in [-0.2, -0.15) is 0 Å². The number of carbonyl (C=O) groups is 2. The molecule has 0 radical (unpaired) electrons. The topological polar surface area (TPSA) is 165 Å². The first kappa shape index (κ1) is 29.0. The van der Waals surface area contributed by atoms with E-state index in [9.17, 15) is 23.1 Å². The Kier molecular flexibility index (Phi) is 8.15. The molecule has 1 unspecified atom stereocenters. The molecular weight excluding hydrogens is 528 g/mol. The molecule has 0 spiro atoms. The number of carbonyl (C=O) groups excluding carboxylic acids is 2.